The van der Waals surface area contributed by atoms with Gasteiger partial charge >= 0.3 is 17.9 Å². The molecule has 0 N–H and O–H groups in total. The van der Waals surface area contributed by atoms with E-state index in [1.165, 1.54) is 70.6 Å². The first-order chi connectivity index (χ1) is 40.0. The maximum atomic E-state index is 12.8. The minimum Gasteiger partial charge on any atom is -0.462 e. The molecular weight excluding hydrogens is 997 g/mol. The quantitative estimate of drug-likeness (QED) is 0.0261. The highest BCUT2D eigenvalue weighted by Crippen LogP contribution is 2.15. The van der Waals surface area contributed by atoms with Crippen molar-refractivity contribution >= 4 is 17.9 Å². The number of hydrogen-bond donors (Lipinski definition) is 0. The van der Waals surface area contributed by atoms with E-state index in [0.29, 0.717) is 19.3 Å². The first-order valence-corrected chi connectivity index (χ1v) is 33.0. The highest BCUT2D eigenvalue weighted by atomic mass is 16.6. The van der Waals surface area contributed by atoms with Crippen molar-refractivity contribution in [1.29, 1.82) is 0 Å². The summed E-state index contributed by atoms with van der Waals surface area (Å²) in [7, 11) is 0. The second-order valence-electron chi connectivity index (χ2n) is 21.3. The summed E-state index contributed by atoms with van der Waals surface area (Å²) in [4.78, 5) is 38.0. The van der Waals surface area contributed by atoms with E-state index in [0.717, 1.165) is 167 Å². The predicted molar refractivity (Wildman–Crippen MR) is 352 cm³/mol. The molecule has 0 rings (SSSR count). The molecule has 456 valence electrons. The second-order valence-corrected chi connectivity index (χ2v) is 21.3. The van der Waals surface area contributed by atoms with Crippen LogP contribution in [0, 0.1) is 0 Å². The SMILES string of the molecule is CC/C=C\C/C=C\C/C=C\C/C=C\C/C=C\C/C=C\C/C=C\C/C=C\CCCCCCCCCCC(=O)OCC(COC(=O)CCCCCCC)OC(=O)CCCCCCCCCCC/C=C\C/C=C\C/C=C\C/C=C\C/C=C\CC. The molecule has 0 aliphatic rings. The molecule has 81 heavy (non-hydrogen) atoms. The number of ether oxygens (including phenoxy) is 3. The molecule has 0 aliphatic carbocycles. The van der Waals surface area contributed by atoms with Gasteiger partial charge in [0.1, 0.15) is 13.2 Å². The van der Waals surface area contributed by atoms with Crippen LogP contribution in [0.3, 0.4) is 0 Å². The Morgan fingerprint density at radius 2 is 0.481 bits per heavy atom. The van der Waals surface area contributed by atoms with Crippen molar-refractivity contribution in [3.8, 4) is 0 Å². The van der Waals surface area contributed by atoms with Crippen LogP contribution in [0.25, 0.3) is 0 Å². The number of esters is 3. The minimum atomic E-state index is -0.789. The van der Waals surface area contributed by atoms with Gasteiger partial charge in [-0.3, -0.25) is 14.4 Å². The number of rotatable bonds is 58. The number of allylic oxidation sites excluding steroid dienone is 26. The van der Waals surface area contributed by atoms with Gasteiger partial charge in [-0.15, -0.1) is 0 Å². The zero-order chi connectivity index (χ0) is 58.5. The lowest BCUT2D eigenvalue weighted by Crippen LogP contribution is -2.30. The third kappa shape index (κ3) is 65.7. The molecule has 0 amide bonds. The lowest BCUT2D eigenvalue weighted by molar-refractivity contribution is -0.167. The number of unbranched alkanes of at least 4 members (excludes halogenated alkanes) is 21. The Morgan fingerprint density at radius 3 is 0.753 bits per heavy atom. The molecular formula is C75H120O6. The van der Waals surface area contributed by atoms with Crippen molar-refractivity contribution in [2.24, 2.45) is 0 Å². The topological polar surface area (TPSA) is 78.9 Å². The Balaban J connectivity index is 4.10. The Labute approximate surface area is 499 Å². The van der Waals surface area contributed by atoms with E-state index < -0.39 is 6.10 Å². The zero-order valence-electron chi connectivity index (χ0n) is 52.2. The van der Waals surface area contributed by atoms with Gasteiger partial charge in [0.25, 0.3) is 0 Å². The molecule has 0 saturated heterocycles. The Morgan fingerprint density at radius 1 is 0.259 bits per heavy atom. The molecule has 0 aromatic heterocycles. The highest BCUT2D eigenvalue weighted by Gasteiger charge is 2.19. The van der Waals surface area contributed by atoms with E-state index in [1.807, 2.05) is 0 Å². The van der Waals surface area contributed by atoms with E-state index in [-0.39, 0.29) is 31.1 Å². The predicted octanol–water partition coefficient (Wildman–Crippen LogP) is 22.9. The molecule has 6 nitrogen and oxygen atoms in total. The van der Waals surface area contributed by atoms with Gasteiger partial charge in [0.15, 0.2) is 6.10 Å². The van der Waals surface area contributed by atoms with Crippen molar-refractivity contribution in [3.63, 3.8) is 0 Å². The molecule has 1 unspecified atom stereocenters. The van der Waals surface area contributed by atoms with Crippen LogP contribution in [-0.2, 0) is 28.6 Å². The summed E-state index contributed by atoms with van der Waals surface area (Å²) in [6, 6.07) is 0. The first-order valence-electron chi connectivity index (χ1n) is 33.0. The first kappa shape index (κ1) is 76.0. The summed E-state index contributed by atoms with van der Waals surface area (Å²) in [6.07, 6.45) is 98.7. The standard InChI is InChI=1S/C75H120O6/c1-4-7-10-13-15-17-19-21-23-25-27-29-31-33-34-35-36-37-38-39-40-42-43-45-47-49-51-53-55-57-59-62-65-68-74(77)80-71-72(70-79-73(76)67-64-61-12-9-6-3)81-75(78)69-66-63-60-58-56-54-52-50-48-46-44-41-32-30-28-26-24-22-20-18-16-14-11-8-5-2/h7-8,10-11,15-18,21-24,27-30,33-34,36-37,39-41,43-45,72H,4-6,9,12-14,19-20,25-26,31-32,35,38,42,46-71H2,1-3H3/b10-7-,11-8-,17-15-,18-16-,23-21-,24-22-,29-27-,30-28-,34-33-,37-36-,40-39-,44-41-,45-43-. The molecule has 0 heterocycles. The molecule has 6 heteroatoms. The molecule has 1 atom stereocenters. The molecule has 0 spiro atoms. The van der Waals surface area contributed by atoms with Gasteiger partial charge in [0, 0.05) is 19.3 Å². The second kappa shape index (κ2) is 67.5. The van der Waals surface area contributed by atoms with Crippen LogP contribution in [-0.4, -0.2) is 37.2 Å². The van der Waals surface area contributed by atoms with Crippen molar-refractivity contribution < 1.29 is 28.6 Å². The molecule has 0 saturated carbocycles. The monoisotopic (exact) mass is 1120 g/mol. The zero-order valence-corrected chi connectivity index (χ0v) is 52.2. The number of hydrogen-bond acceptors (Lipinski definition) is 6. The maximum Gasteiger partial charge on any atom is 0.306 e. The van der Waals surface area contributed by atoms with Crippen molar-refractivity contribution in [3.05, 3.63) is 158 Å². The van der Waals surface area contributed by atoms with Gasteiger partial charge in [-0.25, -0.2) is 0 Å². The summed E-state index contributed by atoms with van der Waals surface area (Å²) in [5, 5.41) is 0. The Kier molecular flexibility index (Phi) is 63.4. The Hall–Kier alpha value is -4.97. The highest BCUT2D eigenvalue weighted by molar-refractivity contribution is 5.71. The van der Waals surface area contributed by atoms with Crippen LogP contribution >= 0.6 is 0 Å². The van der Waals surface area contributed by atoms with Crippen molar-refractivity contribution in [2.45, 2.75) is 284 Å². The largest absolute Gasteiger partial charge is 0.462 e. The fraction of sp³-hybridized carbons (Fsp3) is 0.613. The molecule has 0 bridgehead atoms. The van der Waals surface area contributed by atoms with Gasteiger partial charge in [-0.05, 0) is 128 Å². The average Bonchev–Trinajstić information content (AvgIpc) is 3.47. The minimum absolute atomic E-state index is 0.0882. The van der Waals surface area contributed by atoms with Crippen molar-refractivity contribution in [1.82, 2.24) is 0 Å². The molecule has 0 aliphatic heterocycles. The third-order valence-electron chi connectivity index (χ3n) is 13.5. The summed E-state index contributed by atoms with van der Waals surface area (Å²) >= 11 is 0. The van der Waals surface area contributed by atoms with E-state index in [1.54, 1.807) is 0 Å². The average molecular weight is 1120 g/mol. The van der Waals surface area contributed by atoms with Gasteiger partial charge in [-0.2, -0.15) is 0 Å². The van der Waals surface area contributed by atoms with Gasteiger partial charge in [-0.1, -0.05) is 288 Å². The molecule has 0 radical (unpaired) electrons. The van der Waals surface area contributed by atoms with E-state index in [9.17, 15) is 14.4 Å². The summed E-state index contributed by atoms with van der Waals surface area (Å²) in [6.45, 7) is 6.32. The summed E-state index contributed by atoms with van der Waals surface area (Å²) in [5.41, 5.74) is 0. The van der Waals surface area contributed by atoms with E-state index >= 15 is 0 Å². The Bertz CT molecular complexity index is 1810. The van der Waals surface area contributed by atoms with Crippen molar-refractivity contribution in [2.75, 3.05) is 13.2 Å². The summed E-state index contributed by atoms with van der Waals surface area (Å²) in [5.74, 6) is -0.919. The lowest BCUT2D eigenvalue weighted by atomic mass is 10.1. The van der Waals surface area contributed by atoms with Crippen LogP contribution in [0.1, 0.15) is 278 Å². The van der Waals surface area contributed by atoms with Gasteiger partial charge < -0.3 is 14.2 Å². The van der Waals surface area contributed by atoms with Gasteiger partial charge in [0.2, 0.25) is 0 Å². The van der Waals surface area contributed by atoms with Crippen LogP contribution in [0.4, 0.5) is 0 Å². The van der Waals surface area contributed by atoms with Crippen LogP contribution in [0.2, 0.25) is 0 Å². The maximum absolute atomic E-state index is 12.8. The van der Waals surface area contributed by atoms with Crippen LogP contribution < -0.4 is 0 Å². The smallest absolute Gasteiger partial charge is 0.306 e. The summed E-state index contributed by atoms with van der Waals surface area (Å²) < 4.78 is 16.8. The molecule has 0 aromatic rings. The normalized spacial score (nSPS) is 13.2. The van der Waals surface area contributed by atoms with Crippen LogP contribution in [0.5, 0.6) is 0 Å². The fourth-order valence-corrected chi connectivity index (χ4v) is 8.66. The number of carbonyl (C=O) groups is 3. The van der Waals surface area contributed by atoms with Crippen LogP contribution in [0.15, 0.2) is 158 Å². The van der Waals surface area contributed by atoms with E-state index in [4.69, 9.17) is 14.2 Å². The lowest BCUT2D eigenvalue weighted by Gasteiger charge is -2.18. The molecule has 0 fully saturated rings. The number of carbonyl (C=O) groups excluding carboxylic acids is 3. The third-order valence-corrected chi connectivity index (χ3v) is 13.5. The fourth-order valence-electron chi connectivity index (χ4n) is 8.66. The van der Waals surface area contributed by atoms with Gasteiger partial charge in [0.05, 0.1) is 0 Å². The molecule has 0 aromatic carbocycles. The van der Waals surface area contributed by atoms with E-state index in [2.05, 4.69) is 179 Å².